The second-order valence-electron chi connectivity index (χ2n) is 12.8. The SMILES string of the molecule is CC/S(=N\S(=O)(=O)c1ccc(C)cc1)[C@@H]1O[C@H](COC(=O)c2ccccc2)[C@@H](OC(=O)c2ccccc2)[C@H](OC(=O)c2ccccc2)[C@H]1OC(=O)c1ccccc1. The molecule has 1 heterocycles. The van der Waals surface area contributed by atoms with Crippen LogP contribution in [-0.4, -0.2) is 74.5 Å². The monoisotopic (exact) mass is 809 g/mol. The Balaban J connectivity index is 1.49. The summed E-state index contributed by atoms with van der Waals surface area (Å²) in [7, 11) is -5.98. The topological polar surface area (TPSA) is 161 Å². The minimum absolute atomic E-state index is 0.0550. The number of hydrogen-bond acceptors (Lipinski definition) is 11. The van der Waals surface area contributed by atoms with Crippen molar-refractivity contribution >= 4 is 44.6 Å². The first-order valence-electron chi connectivity index (χ1n) is 17.9. The maximum absolute atomic E-state index is 13.9. The van der Waals surface area contributed by atoms with Gasteiger partial charge in [-0.3, -0.25) is 0 Å². The largest absolute Gasteiger partial charge is 0.459 e. The number of nitrogens with zero attached hydrogens (tertiary/aromatic N) is 1. The molecule has 294 valence electrons. The second kappa shape index (κ2) is 18.8. The van der Waals surface area contributed by atoms with Crippen LogP contribution in [0.2, 0.25) is 0 Å². The number of ether oxygens (including phenoxy) is 5. The maximum atomic E-state index is 13.9. The molecule has 5 aromatic rings. The van der Waals surface area contributed by atoms with E-state index < -0.39 is 81.1 Å². The zero-order chi connectivity index (χ0) is 40.4. The quantitative estimate of drug-likeness (QED) is 0.0913. The molecule has 0 aromatic heterocycles. The van der Waals surface area contributed by atoms with Gasteiger partial charge in [0, 0.05) is 5.75 Å². The van der Waals surface area contributed by atoms with Crippen LogP contribution in [0.25, 0.3) is 0 Å². The molecule has 14 heteroatoms. The zero-order valence-corrected chi connectivity index (χ0v) is 32.5. The van der Waals surface area contributed by atoms with E-state index in [0.717, 1.165) is 5.56 Å². The Hall–Kier alpha value is -5.96. The van der Waals surface area contributed by atoms with E-state index in [9.17, 15) is 27.6 Å². The molecule has 0 spiro atoms. The zero-order valence-electron chi connectivity index (χ0n) is 30.9. The van der Waals surface area contributed by atoms with Crippen molar-refractivity contribution in [3.05, 3.63) is 173 Å². The first-order chi connectivity index (χ1) is 27.5. The molecule has 5 aromatic carbocycles. The van der Waals surface area contributed by atoms with E-state index >= 15 is 0 Å². The van der Waals surface area contributed by atoms with Crippen LogP contribution < -0.4 is 0 Å². The molecule has 1 saturated heterocycles. The van der Waals surface area contributed by atoms with Gasteiger partial charge in [-0.05, 0) is 78.3 Å². The van der Waals surface area contributed by atoms with Crippen molar-refractivity contribution in [1.29, 1.82) is 0 Å². The summed E-state index contributed by atoms with van der Waals surface area (Å²) in [4.78, 5) is 54.7. The van der Waals surface area contributed by atoms with Crippen molar-refractivity contribution in [2.45, 2.75) is 48.6 Å². The summed E-state index contributed by atoms with van der Waals surface area (Å²) < 4.78 is 62.6. The summed E-state index contributed by atoms with van der Waals surface area (Å²) in [5, 5.41) is 0. The Kier molecular flexibility index (Phi) is 13.4. The Labute approximate surface area is 332 Å². The first kappa shape index (κ1) is 40.7. The lowest BCUT2D eigenvalue weighted by molar-refractivity contribution is -0.207. The van der Waals surface area contributed by atoms with Crippen molar-refractivity contribution < 1.29 is 51.3 Å². The third kappa shape index (κ3) is 10.3. The number of esters is 4. The molecule has 0 bridgehead atoms. The van der Waals surface area contributed by atoms with Gasteiger partial charge in [-0.25, -0.2) is 19.2 Å². The van der Waals surface area contributed by atoms with Gasteiger partial charge in [-0.1, -0.05) is 97.4 Å². The maximum Gasteiger partial charge on any atom is 0.338 e. The first-order valence-corrected chi connectivity index (χ1v) is 20.8. The van der Waals surface area contributed by atoms with Crippen LogP contribution >= 0.6 is 0 Å². The molecule has 0 N–H and O–H groups in total. The summed E-state index contributed by atoms with van der Waals surface area (Å²) in [6.45, 7) is 2.93. The van der Waals surface area contributed by atoms with Gasteiger partial charge in [-0.15, -0.1) is 3.77 Å². The van der Waals surface area contributed by atoms with Gasteiger partial charge in [0.1, 0.15) is 12.7 Å². The van der Waals surface area contributed by atoms with Gasteiger partial charge in [0.15, 0.2) is 23.7 Å². The lowest BCUT2D eigenvalue weighted by Gasteiger charge is -2.45. The summed E-state index contributed by atoms with van der Waals surface area (Å²) >= 11 is 0. The molecule has 6 rings (SSSR count). The third-order valence-corrected chi connectivity index (χ3v) is 12.7. The Morgan fingerprint density at radius 3 is 1.42 bits per heavy atom. The molecule has 6 atom stereocenters. The molecular formula is C43H39NO11S2. The molecule has 1 unspecified atom stereocenters. The van der Waals surface area contributed by atoms with Gasteiger partial charge in [0.05, 0.1) is 27.1 Å². The van der Waals surface area contributed by atoms with E-state index in [2.05, 4.69) is 3.77 Å². The second-order valence-corrected chi connectivity index (χ2v) is 16.6. The highest BCUT2D eigenvalue weighted by atomic mass is 32.3. The standard InChI is InChI=1S/C43H39NO11S2/c1-3-56(44-57(49,50)34-26-24-29(2)25-27-34)43-38(55-42(48)33-22-14-7-15-23-33)37(54-41(47)32-20-12-6-13-21-32)36(53-40(46)31-18-10-5-11-19-31)35(52-43)28-51-39(45)30-16-8-4-9-17-30/h4-27,35-38,43H,3,28H2,1-2H3/t35-,36-,37+,38-,43+,56?/m1/s1. The number of sulfonamides is 1. The molecule has 0 amide bonds. The number of carbonyl (C=O) groups excluding carboxylic acids is 4. The predicted octanol–water partition coefficient (Wildman–Crippen LogP) is 6.76. The fourth-order valence-corrected chi connectivity index (χ4v) is 9.60. The normalized spacial score (nSPS) is 19.8. The van der Waals surface area contributed by atoms with E-state index in [1.54, 1.807) is 104 Å². The molecule has 0 radical (unpaired) electrons. The summed E-state index contributed by atoms with van der Waals surface area (Å²) in [5.41, 5.74) is 0.00863. The van der Waals surface area contributed by atoms with Crippen LogP contribution in [-0.2, 0) is 44.4 Å². The van der Waals surface area contributed by atoms with Crippen molar-refractivity contribution in [3.8, 4) is 0 Å². The molecule has 12 nitrogen and oxygen atoms in total. The van der Waals surface area contributed by atoms with Crippen LogP contribution in [0.15, 0.2) is 154 Å². The number of rotatable bonds is 13. The molecule has 57 heavy (non-hydrogen) atoms. The average Bonchev–Trinajstić information content (AvgIpc) is 3.24. The molecule has 1 aliphatic heterocycles. The van der Waals surface area contributed by atoms with E-state index in [1.165, 1.54) is 48.5 Å². The van der Waals surface area contributed by atoms with E-state index in [-0.39, 0.29) is 32.9 Å². The van der Waals surface area contributed by atoms with Crippen molar-refractivity contribution in [2.24, 2.45) is 3.77 Å². The third-order valence-electron chi connectivity index (χ3n) is 8.81. The van der Waals surface area contributed by atoms with Gasteiger partial charge in [0.25, 0.3) is 10.0 Å². The number of aryl methyl sites for hydroxylation is 1. The molecule has 0 aliphatic carbocycles. The highest BCUT2D eigenvalue weighted by Crippen LogP contribution is 2.34. The van der Waals surface area contributed by atoms with E-state index in [1.807, 2.05) is 6.92 Å². The van der Waals surface area contributed by atoms with Crippen molar-refractivity contribution in [1.82, 2.24) is 0 Å². The minimum atomic E-state index is -4.33. The number of hydrogen-bond donors (Lipinski definition) is 0. The Morgan fingerprint density at radius 1 is 0.579 bits per heavy atom. The van der Waals surface area contributed by atoms with Gasteiger partial charge < -0.3 is 23.7 Å². The van der Waals surface area contributed by atoms with Crippen LogP contribution in [0, 0.1) is 6.92 Å². The average molecular weight is 810 g/mol. The highest BCUT2D eigenvalue weighted by molar-refractivity contribution is 8.00. The minimum Gasteiger partial charge on any atom is -0.459 e. The number of benzene rings is 5. The summed E-state index contributed by atoms with van der Waals surface area (Å²) in [6, 6.07) is 38.2. The molecular weight excluding hydrogens is 771 g/mol. The smallest absolute Gasteiger partial charge is 0.338 e. The Bertz CT molecular complexity index is 2310. The van der Waals surface area contributed by atoms with Crippen molar-refractivity contribution in [2.75, 3.05) is 12.4 Å². The fourth-order valence-electron chi connectivity index (χ4n) is 5.88. The van der Waals surface area contributed by atoms with Crippen LogP contribution in [0.4, 0.5) is 0 Å². The molecule has 0 saturated carbocycles. The van der Waals surface area contributed by atoms with Gasteiger partial charge >= 0.3 is 23.9 Å². The van der Waals surface area contributed by atoms with Crippen LogP contribution in [0.3, 0.4) is 0 Å². The summed E-state index contributed by atoms with van der Waals surface area (Å²) in [5.74, 6) is -3.27. The highest BCUT2D eigenvalue weighted by Gasteiger charge is 2.54. The molecule has 1 aliphatic rings. The lowest BCUT2D eigenvalue weighted by atomic mass is 9.98. The van der Waals surface area contributed by atoms with Crippen LogP contribution in [0.5, 0.6) is 0 Å². The Morgan fingerprint density at radius 2 is 0.982 bits per heavy atom. The number of carbonyl (C=O) groups is 4. The van der Waals surface area contributed by atoms with E-state index in [4.69, 9.17) is 23.7 Å². The van der Waals surface area contributed by atoms with E-state index in [0.29, 0.717) is 0 Å². The van der Waals surface area contributed by atoms with Crippen molar-refractivity contribution in [3.63, 3.8) is 0 Å². The fraction of sp³-hybridized carbons (Fsp3) is 0.209. The molecule has 1 fully saturated rings. The van der Waals surface area contributed by atoms with Crippen LogP contribution in [0.1, 0.15) is 53.9 Å². The predicted molar refractivity (Wildman–Crippen MR) is 211 cm³/mol. The summed E-state index contributed by atoms with van der Waals surface area (Å²) in [6.07, 6.45) is -6.22. The van der Waals surface area contributed by atoms with Gasteiger partial charge in [0.2, 0.25) is 0 Å². The lowest BCUT2D eigenvalue weighted by Crippen LogP contribution is -2.63. The van der Waals surface area contributed by atoms with Gasteiger partial charge in [-0.2, -0.15) is 8.42 Å².